The van der Waals surface area contributed by atoms with Crippen LogP contribution in [0.2, 0.25) is 0 Å². The number of aromatic nitrogens is 2. The zero-order valence-electron chi connectivity index (χ0n) is 13.6. The van der Waals surface area contributed by atoms with E-state index in [2.05, 4.69) is 10.4 Å². The molecule has 0 fully saturated rings. The largest absolute Gasteiger partial charge is 0.377 e. The molecule has 5 heteroatoms. The summed E-state index contributed by atoms with van der Waals surface area (Å²) in [6.07, 6.45) is 3.52. The normalized spacial score (nSPS) is 11.9. The smallest absolute Gasteiger partial charge is 0.255 e. The molecule has 0 aliphatic heterocycles. The van der Waals surface area contributed by atoms with Crippen LogP contribution >= 0.6 is 0 Å². The van der Waals surface area contributed by atoms with Crippen LogP contribution in [0.15, 0.2) is 67.0 Å². The van der Waals surface area contributed by atoms with Crippen LogP contribution in [-0.4, -0.2) is 22.8 Å². The molecule has 0 aliphatic rings. The third-order valence-electron chi connectivity index (χ3n) is 3.84. The highest BCUT2D eigenvalue weighted by Gasteiger charge is 2.09. The van der Waals surface area contributed by atoms with Crippen LogP contribution in [0.4, 0.5) is 5.69 Å². The Balaban J connectivity index is 1.79. The molecule has 1 N–H and O–H groups in total. The summed E-state index contributed by atoms with van der Waals surface area (Å²) in [6, 6.07) is 16.8. The second-order valence-electron chi connectivity index (χ2n) is 5.46. The fourth-order valence-corrected chi connectivity index (χ4v) is 2.42. The van der Waals surface area contributed by atoms with Crippen molar-refractivity contribution in [3.63, 3.8) is 0 Å². The van der Waals surface area contributed by atoms with Crippen molar-refractivity contribution in [1.82, 2.24) is 9.78 Å². The standard InChI is InChI=1S/C19H19N3O2/c1-14(24-2)15-6-3-8-17(12-15)21-19(23)16-7-4-9-18(13-16)22-11-5-10-20-22/h3-14H,1-2H3,(H,21,23). The molecule has 1 amide bonds. The Bertz CT molecular complexity index is 828. The molecule has 0 bridgehead atoms. The van der Waals surface area contributed by atoms with Gasteiger partial charge in [0.05, 0.1) is 11.8 Å². The summed E-state index contributed by atoms with van der Waals surface area (Å²) in [5.41, 5.74) is 3.18. The van der Waals surface area contributed by atoms with Crippen molar-refractivity contribution in [2.75, 3.05) is 12.4 Å². The third-order valence-corrected chi connectivity index (χ3v) is 3.84. The Morgan fingerprint density at radius 2 is 2.00 bits per heavy atom. The number of nitrogens with one attached hydrogen (secondary N) is 1. The lowest BCUT2D eigenvalue weighted by atomic mass is 10.1. The Morgan fingerprint density at radius 3 is 2.75 bits per heavy atom. The molecular weight excluding hydrogens is 302 g/mol. The van der Waals surface area contributed by atoms with Crippen LogP contribution in [0.3, 0.4) is 0 Å². The predicted molar refractivity (Wildman–Crippen MR) is 93.4 cm³/mol. The summed E-state index contributed by atoms with van der Waals surface area (Å²) in [4.78, 5) is 12.5. The van der Waals surface area contributed by atoms with E-state index in [0.717, 1.165) is 16.9 Å². The highest BCUT2D eigenvalue weighted by Crippen LogP contribution is 2.20. The summed E-state index contributed by atoms with van der Waals surface area (Å²) in [5.74, 6) is -0.161. The number of benzene rings is 2. The fourth-order valence-electron chi connectivity index (χ4n) is 2.42. The van der Waals surface area contributed by atoms with Crippen molar-refractivity contribution in [1.29, 1.82) is 0 Å². The third kappa shape index (κ3) is 3.52. The predicted octanol–water partition coefficient (Wildman–Crippen LogP) is 3.83. The Labute approximate surface area is 140 Å². The summed E-state index contributed by atoms with van der Waals surface area (Å²) in [5, 5.41) is 7.11. The van der Waals surface area contributed by atoms with Crippen molar-refractivity contribution in [3.05, 3.63) is 78.1 Å². The molecule has 1 heterocycles. The van der Waals surface area contributed by atoms with E-state index >= 15 is 0 Å². The average Bonchev–Trinajstić information content (AvgIpc) is 3.16. The first-order chi connectivity index (χ1) is 11.7. The van der Waals surface area contributed by atoms with Gasteiger partial charge in [0.1, 0.15) is 0 Å². The van der Waals surface area contributed by atoms with Crippen LogP contribution in [0, 0.1) is 0 Å². The molecule has 0 saturated heterocycles. The minimum atomic E-state index is -0.161. The van der Waals surface area contributed by atoms with Gasteiger partial charge in [-0.15, -0.1) is 0 Å². The number of amides is 1. The second-order valence-corrected chi connectivity index (χ2v) is 5.46. The number of methoxy groups -OCH3 is 1. The zero-order chi connectivity index (χ0) is 16.9. The number of carbonyl (C=O) groups excluding carboxylic acids is 1. The summed E-state index contributed by atoms with van der Waals surface area (Å²) >= 11 is 0. The molecule has 2 aromatic carbocycles. The molecule has 3 rings (SSSR count). The van der Waals surface area contributed by atoms with Gasteiger partial charge in [0.15, 0.2) is 0 Å². The number of hydrogen-bond donors (Lipinski definition) is 1. The monoisotopic (exact) mass is 321 g/mol. The molecule has 5 nitrogen and oxygen atoms in total. The van der Waals surface area contributed by atoms with E-state index in [9.17, 15) is 4.79 Å². The molecule has 24 heavy (non-hydrogen) atoms. The number of hydrogen-bond acceptors (Lipinski definition) is 3. The average molecular weight is 321 g/mol. The highest BCUT2D eigenvalue weighted by molar-refractivity contribution is 6.04. The summed E-state index contributed by atoms with van der Waals surface area (Å²) < 4.78 is 7.04. The van der Waals surface area contributed by atoms with E-state index in [4.69, 9.17) is 4.74 Å². The van der Waals surface area contributed by atoms with Crippen molar-refractivity contribution in [3.8, 4) is 5.69 Å². The van der Waals surface area contributed by atoms with Gasteiger partial charge in [-0.25, -0.2) is 4.68 Å². The molecule has 3 aromatic rings. The van der Waals surface area contributed by atoms with Crippen molar-refractivity contribution in [2.24, 2.45) is 0 Å². The van der Waals surface area contributed by atoms with Crippen LogP contribution in [0.1, 0.15) is 28.9 Å². The van der Waals surface area contributed by atoms with Gasteiger partial charge < -0.3 is 10.1 Å². The van der Waals surface area contributed by atoms with E-state index in [1.165, 1.54) is 0 Å². The molecule has 0 saturated carbocycles. The Kier molecular flexibility index (Phi) is 4.72. The lowest BCUT2D eigenvalue weighted by molar-refractivity contribution is 0.102. The van der Waals surface area contributed by atoms with Gasteiger partial charge in [-0.1, -0.05) is 18.2 Å². The van der Waals surface area contributed by atoms with E-state index in [1.807, 2.05) is 61.7 Å². The second kappa shape index (κ2) is 7.10. The number of anilines is 1. The molecule has 0 aliphatic carbocycles. The van der Waals surface area contributed by atoms with E-state index in [0.29, 0.717) is 5.56 Å². The topological polar surface area (TPSA) is 56.1 Å². The van der Waals surface area contributed by atoms with Crippen molar-refractivity contribution >= 4 is 11.6 Å². The zero-order valence-corrected chi connectivity index (χ0v) is 13.6. The maximum atomic E-state index is 12.5. The van der Waals surface area contributed by atoms with E-state index in [1.54, 1.807) is 24.1 Å². The maximum absolute atomic E-state index is 12.5. The first-order valence-electron chi connectivity index (χ1n) is 7.71. The van der Waals surface area contributed by atoms with Gasteiger partial charge in [0.25, 0.3) is 5.91 Å². The summed E-state index contributed by atoms with van der Waals surface area (Å²) in [7, 11) is 1.66. The molecular formula is C19H19N3O2. The van der Waals surface area contributed by atoms with Gasteiger partial charge in [0, 0.05) is 30.8 Å². The van der Waals surface area contributed by atoms with Gasteiger partial charge in [-0.05, 0) is 48.9 Å². The van der Waals surface area contributed by atoms with E-state index in [-0.39, 0.29) is 12.0 Å². The number of ether oxygens (including phenoxy) is 1. The molecule has 1 aromatic heterocycles. The minimum absolute atomic E-state index is 0.0232. The Hall–Kier alpha value is -2.92. The first-order valence-corrected chi connectivity index (χ1v) is 7.71. The molecule has 122 valence electrons. The van der Waals surface area contributed by atoms with Gasteiger partial charge in [-0.2, -0.15) is 5.10 Å². The maximum Gasteiger partial charge on any atom is 0.255 e. The van der Waals surface area contributed by atoms with Crippen LogP contribution in [0.25, 0.3) is 5.69 Å². The highest BCUT2D eigenvalue weighted by atomic mass is 16.5. The first kappa shape index (κ1) is 16.0. The molecule has 0 radical (unpaired) electrons. The molecule has 1 atom stereocenters. The number of carbonyl (C=O) groups is 1. The SMILES string of the molecule is COC(C)c1cccc(NC(=O)c2cccc(-n3cccn3)c2)c1. The lowest BCUT2D eigenvalue weighted by Crippen LogP contribution is -2.12. The lowest BCUT2D eigenvalue weighted by Gasteiger charge is -2.12. The van der Waals surface area contributed by atoms with Crippen LogP contribution in [0.5, 0.6) is 0 Å². The minimum Gasteiger partial charge on any atom is -0.377 e. The van der Waals surface area contributed by atoms with Crippen molar-refractivity contribution in [2.45, 2.75) is 13.0 Å². The van der Waals surface area contributed by atoms with Crippen LogP contribution < -0.4 is 5.32 Å². The quantitative estimate of drug-likeness (QED) is 0.777. The number of nitrogens with zero attached hydrogens (tertiary/aromatic N) is 2. The van der Waals surface area contributed by atoms with Crippen LogP contribution in [-0.2, 0) is 4.74 Å². The van der Waals surface area contributed by atoms with E-state index < -0.39 is 0 Å². The van der Waals surface area contributed by atoms with Gasteiger partial charge >= 0.3 is 0 Å². The number of rotatable bonds is 5. The molecule has 0 spiro atoms. The fraction of sp³-hybridized carbons (Fsp3) is 0.158. The summed E-state index contributed by atoms with van der Waals surface area (Å²) in [6.45, 7) is 1.97. The van der Waals surface area contributed by atoms with Gasteiger partial charge in [-0.3, -0.25) is 4.79 Å². The van der Waals surface area contributed by atoms with Gasteiger partial charge in [0.2, 0.25) is 0 Å². The molecule has 1 unspecified atom stereocenters. The van der Waals surface area contributed by atoms with Crippen molar-refractivity contribution < 1.29 is 9.53 Å². The Morgan fingerprint density at radius 1 is 1.17 bits per heavy atom.